The van der Waals surface area contributed by atoms with Crippen LogP contribution in [0.25, 0.3) is 0 Å². The number of ether oxygens (including phenoxy) is 1. The lowest BCUT2D eigenvalue weighted by atomic mass is 10.0. The van der Waals surface area contributed by atoms with Crippen LogP contribution in [0.1, 0.15) is 20.3 Å². The Hall–Kier alpha value is -1.41. The summed E-state index contributed by atoms with van der Waals surface area (Å²) in [6.07, 6.45) is 3.34. The maximum atomic E-state index is 11.3. The van der Waals surface area contributed by atoms with E-state index in [1.807, 2.05) is 13.8 Å². The van der Waals surface area contributed by atoms with E-state index in [4.69, 9.17) is 4.74 Å². The zero-order valence-electron chi connectivity index (χ0n) is 8.53. The summed E-state index contributed by atoms with van der Waals surface area (Å²) in [6.45, 7) is 7.43. The second-order valence-electron chi connectivity index (χ2n) is 3.28. The summed E-state index contributed by atoms with van der Waals surface area (Å²) in [5.74, 6) is -0.227. The molecule has 0 saturated heterocycles. The quantitative estimate of drug-likeness (QED) is 0.280. The summed E-state index contributed by atoms with van der Waals surface area (Å²) in [5, 5.41) is 0. The van der Waals surface area contributed by atoms with E-state index in [-0.39, 0.29) is 12.5 Å². The van der Waals surface area contributed by atoms with Gasteiger partial charge in [-0.3, -0.25) is 0 Å². The van der Waals surface area contributed by atoms with Gasteiger partial charge in [0.15, 0.2) is 6.04 Å². The molecule has 14 heavy (non-hydrogen) atoms. The molecule has 0 aromatic carbocycles. The zero-order valence-corrected chi connectivity index (χ0v) is 8.53. The molecular formula is C10H15NO3. The van der Waals surface area contributed by atoms with E-state index < -0.39 is 12.0 Å². The Labute approximate surface area is 83.7 Å². The molecule has 0 bridgehead atoms. The van der Waals surface area contributed by atoms with Crippen LogP contribution in [0.15, 0.2) is 17.6 Å². The molecule has 0 rings (SSSR count). The fraction of sp³-hybridized carbons (Fsp3) is 0.600. The SMILES string of the molecule is C=CCOC(=O)[C@@H](CC(C)C)N=C=O. The molecule has 78 valence electrons. The topological polar surface area (TPSA) is 55.7 Å². The van der Waals surface area contributed by atoms with E-state index in [0.717, 1.165) is 0 Å². The molecule has 0 aliphatic carbocycles. The van der Waals surface area contributed by atoms with Crippen molar-refractivity contribution in [2.45, 2.75) is 26.3 Å². The highest BCUT2D eigenvalue weighted by Crippen LogP contribution is 2.09. The average molecular weight is 197 g/mol. The minimum atomic E-state index is -0.729. The standard InChI is InChI=1S/C10H15NO3/c1-4-5-14-10(13)9(11-7-12)6-8(2)3/h4,8-9H,1,5-6H2,2-3H3/t9-/m1/s1. The van der Waals surface area contributed by atoms with Gasteiger partial charge in [0.25, 0.3) is 0 Å². The Morgan fingerprint density at radius 3 is 2.71 bits per heavy atom. The number of aliphatic imine (C=N–C) groups is 1. The van der Waals surface area contributed by atoms with Crippen LogP contribution in [-0.4, -0.2) is 24.7 Å². The number of esters is 1. The monoisotopic (exact) mass is 197 g/mol. The van der Waals surface area contributed by atoms with Gasteiger partial charge in [-0.25, -0.2) is 9.59 Å². The van der Waals surface area contributed by atoms with Gasteiger partial charge in [-0.1, -0.05) is 26.5 Å². The predicted molar refractivity (Wildman–Crippen MR) is 52.5 cm³/mol. The van der Waals surface area contributed by atoms with Gasteiger partial charge < -0.3 is 4.74 Å². The molecule has 0 amide bonds. The van der Waals surface area contributed by atoms with Crippen molar-refractivity contribution in [3.8, 4) is 0 Å². The van der Waals surface area contributed by atoms with Gasteiger partial charge in [-0.05, 0) is 12.3 Å². The summed E-state index contributed by atoms with van der Waals surface area (Å²) >= 11 is 0. The molecule has 0 N–H and O–H groups in total. The molecule has 0 aromatic heterocycles. The molecule has 0 aromatic rings. The first kappa shape index (κ1) is 12.6. The highest BCUT2D eigenvalue weighted by molar-refractivity contribution is 5.77. The first-order valence-electron chi connectivity index (χ1n) is 4.46. The summed E-state index contributed by atoms with van der Waals surface area (Å²) in [4.78, 5) is 24.7. The zero-order chi connectivity index (χ0) is 11.0. The van der Waals surface area contributed by atoms with Gasteiger partial charge in [-0.15, -0.1) is 0 Å². The first-order chi connectivity index (χ1) is 6.61. The number of carbonyl (C=O) groups excluding carboxylic acids is 2. The summed E-state index contributed by atoms with van der Waals surface area (Å²) in [7, 11) is 0. The maximum Gasteiger partial charge on any atom is 0.332 e. The van der Waals surface area contributed by atoms with E-state index in [1.54, 1.807) is 0 Å². The second kappa shape index (κ2) is 7.04. The van der Waals surface area contributed by atoms with Crippen molar-refractivity contribution in [2.24, 2.45) is 10.9 Å². The van der Waals surface area contributed by atoms with Crippen LogP contribution >= 0.6 is 0 Å². The fourth-order valence-electron chi connectivity index (χ4n) is 0.949. The molecule has 0 spiro atoms. The number of rotatable bonds is 6. The third kappa shape index (κ3) is 5.27. The van der Waals surface area contributed by atoms with Gasteiger partial charge in [0.2, 0.25) is 6.08 Å². The van der Waals surface area contributed by atoms with Crippen molar-refractivity contribution in [1.82, 2.24) is 0 Å². The van der Waals surface area contributed by atoms with Crippen LogP contribution in [-0.2, 0) is 14.3 Å². The normalized spacial score (nSPS) is 11.6. The Morgan fingerprint density at radius 2 is 2.29 bits per heavy atom. The van der Waals surface area contributed by atoms with Gasteiger partial charge in [-0.2, -0.15) is 4.99 Å². The number of hydrogen-bond donors (Lipinski definition) is 0. The second-order valence-corrected chi connectivity index (χ2v) is 3.28. The third-order valence-corrected chi connectivity index (χ3v) is 1.52. The van der Waals surface area contributed by atoms with Crippen LogP contribution in [0.2, 0.25) is 0 Å². The average Bonchev–Trinajstić information content (AvgIpc) is 2.13. The first-order valence-corrected chi connectivity index (χ1v) is 4.46. The minimum absolute atomic E-state index is 0.141. The van der Waals surface area contributed by atoms with Gasteiger partial charge >= 0.3 is 5.97 Å². The largest absolute Gasteiger partial charge is 0.460 e. The minimum Gasteiger partial charge on any atom is -0.460 e. The number of isocyanates is 1. The van der Waals surface area contributed by atoms with Crippen molar-refractivity contribution in [3.05, 3.63) is 12.7 Å². The Balaban J connectivity index is 4.24. The van der Waals surface area contributed by atoms with Crippen molar-refractivity contribution in [3.63, 3.8) is 0 Å². The van der Waals surface area contributed by atoms with Crippen LogP contribution in [0.4, 0.5) is 0 Å². The molecule has 0 radical (unpaired) electrons. The lowest BCUT2D eigenvalue weighted by Crippen LogP contribution is -2.23. The van der Waals surface area contributed by atoms with Crippen molar-refractivity contribution >= 4 is 12.0 Å². The molecule has 4 heteroatoms. The van der Waals surface area contributed by atoms with Gasteiger partial charge in [0.1, 0.15) is 6.61 Å². The molecule has 0 unspecified atom stereocenters. The Bertz CT molecular complexity index is 242. The van der Waals surface area contributed by atoms with Crippen LogP contribution in [0.3, 0.4) is 0 Å². The van der Waals surface area contributed by atoms with Crippen molar-refractivity contribution in [1.29, 1.82) is 0 Å². The highest BCUT2D eigenvalue weighted by Gasteiger charge is 2.19. The maximum absolute atomic E-state index is 11.3. The predicted octanol–water partition coefficient (Wildman–Crippen LogP) is 1.47. The fourth-order valence-corrected chi connectivity index (χ4v) is 0.949. The molecule has 0 aliphatic rings. The van der Waals surface area contributed by atoms with Crippen LogP contribution in [0, 0.1) is 5.92 Å². The van der Waals surface area contributed by atoms with Gasteiger partial charge in [0, 0.05) is 0 Å². The molecular weight excluding hydrogens is 182 g/mol. The third-order valence-electron chi connectivity index (χ3n) is 1.52. The lowest BCUT2D eigenvalue weighted by Gasteiger charge is -2.11. The van der Waals surface area contributed by atoms with E-state index >= 15 is 0 Å². The van der Waals surface area contributed by atoms with Crippen molar-refractivity contribution < 1.29 is 14.3 Å². The van der Waals surface area contributed by atoms with E-state index in [1.165, 1.54) is 12.2 Å². The molecule has 0 fully saturated rings. The van der Waals surface area contributed by atoms with E-state index in [9.17, 15) is 9.59 Å². The summed E-state index contributed by atoms with van der Waals surface area (Å²) < 4.78 is 4.78. The molecule has 0 aliphatic heterocycles. The van der Waals surface area contributed by atoms with E-state index in [0.29, 0.717) is 6.42 Å². The Kier molecular flexibility index (Phi) is 6.33. The smallest absolute Gasteiger partial charge is 0.332 e. The van der Waals surface area contributed by atoms with Crippen LogP contribution < -0.4 is 0 Å². The molecule has 1 atom stereocenters. The molecule has 0 saturated carbocycles. The summed E-state index contributed by atoms with van der Waals surface area (Å²) in [6, 6.07) is -0.729. The van der Waals surface area contributed by atoms with Gasteiger partial charge in [0.05, 0.1) is 0 Å². The van der Waals surface area contributed by atoms with Crippen LogP contribution in [0.5, 0.6) is 0 Å². The van der Waals surface area contributed by atoms with Crippen molar-refractivity contribution in [2.75, 3.05) is 6.61 Å². The highest BCUT2D eigenvalue weighted by atomic mass is 16.5. The lowest BCUT2D eigenvalue weighted by molar-refractivity contribution is -0.144. The number of hydrogen-bond acceptors (Lipinski definition) is 4. The number of nitrogens with zero attached hydrogens (tertiary/aromatic N) is 1. The molecule has 0 heterocycles. The number of carbonyl (C=O) groups is 1. The Morgan fingerprint density at radius 1 is 1.64 bits per heavy atom. The van der Waals surface area contributed by atoms with E-state index in [2.05, 4.69) is 11.6 Å². The summed E-state index contributed by atoms with van der Waals surface area (Å²) in [5.41, 5.74) is 0. The molecule has 4 nitrogen and oxygen atoms in total.